The number of alkyl halides is 3. The Morgan fingerprint density at radius 3 is 2.44 bits per heavy atom. The predicted octanol–water partition coefficient (Wildman–Crippen LogP) is 4.92. The fourth-order valence-corrected chi connectivity index (χ4v) is 2.34. The summed E-state index contributed by atoms with van der Waals surface area (Å²) in [7, 11) is 0. The summed E-state index contributed by atoms with van der Waals surface area (Å²) < 4.78 is 39.5. The highest BCUT2D eigenvalue weighted by atomic mass is 79.9. The van der Waals surface area contributed by atoms with Crippen LogP contribution in [0, 0.1) is 0 Å². The highest BCUT2D eigenvalue weighted by molar-refractivity contribution is 9.10. The van der Waals surface area contributed by atoms with Gasteiger partial charge in [-0.05, 0) is 30.7 Å². The van der Waals surface area contributed by atoms with Crippen LogP contribution >= 0.6 is 15.9 Å². The van der Waals surface area contributed by atoms with Crippen LogP contribution in [0.4, 0.5) is 13.2 Å². The second-order valence-corrected chi connectivity index (χ2v) is 5.04. The molecule has 0 saturated heterocycles. The van der Waals surface area contributed by atoms with Gasteiger partial charge in [-0.2, -0.15) is 13.2 Å². The van der Waals surface area contributed by atoms with Gasteiger partial charge in [0.2, 0.25) is 0 Å². The molecule has 0 bridgehead atoms. The molecule has 1 unspecified atom stereocenters. The van der Waals surface area contributed by atoms with Gasteiger partial charge in [0.25, 0.3) is 0 Å². The first-order chi connectivity index (χ1) is 8.40. The zero-order chi connectivity index (χ0) is 13.8. The lowest BCUT2D eigenvalue weighted by Crippen LogP contribution is -2.24. The van der Waals surface area contributed by atoms with Crippen molar-refractivity contribution in [2.75, 3.05) is 6.54 Å². The first-order valence-electron chi connectivity index (χ1n) is 6.00. The van der Waals surface area contributed by atoms with Crippen molar-refractivity contribution in [3.05, 3.63) is 33.8 Å². The van der Waals surface area contributed by atoms with E-state index in [0.29, 0.717) is 23.0 Å². The topological polar surface area (TPSA) is 12.0 Å². The van der Waals surface area contributed by atoms with Crippen molar-refractivity contribution >= 4 is 15.9 Å². The molecule has 1 N–H and O–H groups in total. The molecule has 1 aromatic rings. The molecule has 102 valence electrons. The molecule has 0 heterocycles. The molecule has 0 aromatic heterocycles. The van der Waals surface area contributed by atoms with Crippen LogP contribution in [0.3, 0.4) is 0 Å². The van der Waals surface area contributed by atoms with Gasteiger partial charge in [0, 0.05) is 10.5 Å². The molecular weight excluding hydrogens is 307 g/mol. The van der Waals surface area contributed by atoms with Crippen LogP contribution in [0.25, 0.3) is 0 Å². The minimum absolute atomic E-state index is 0.246. The summed E-state index contributed by atoms with van der Waals surface area (Å²) in [6, 6.07) is 4.11. The predicted molar refractivity (Wildman–Crippen MR) is 70.5 cm³/mol. The first kappa shape index (κ1) is 15.5. The maximum Gasteiger partial charge on any atom is 0.416 e. The van der Waals surface area contributed by atoms with Gasteiger partial charge in [0.05, 0.1) is 5.56 Å². The highest BCUT2D eigenvalue weighted by Gasteiger charge is 2.35. The van der Waals surface area contributed by atoms with E-state index in [1.165, 1.54) is 0 Å². The normalized spacial score (nSPS) is 13.7. The molecule has 1 atom stereocenters. The maximum atomic E-state index is 13.0. The molecule has 18 heavy (non-hydrogen) atoms. The molecule has 0 aliphatic heterocycles. The van der Waals surface area contributed by atoms with Gasteiger partial charge in [-0.3, -0.25) is 0 Å². The van der Waals surface area contributed by atoms with Crippen LogP contribution in [-0.4, -0.2) is 6.54 Å². The highest BCUT2D eigenvalue weighted by Crippen LogP contribution is 2.37. The Kier molecular flexibility index (Phi) is 5.66. The molecular formula is C13H17BrF3N. The summed E-state index contributed by atoms with van der Waals surface area (Å²) in [4.78, 5) is 0. The lowest BCUT2D eigenvalue weighted by molar-refractivity contribution is -0.138. The number of benzene rings is 1. The van der Waals surface area contributed by atoms with Crippen molar-refractivity contribution in [1.29, 1.82) is 0 Å². The second kappa shape index (κ2) is 6.57. The largest absolute Gasteiger partial charge is 0.416 e. The summed E-state index contributed by atoms with van der Waals surface area (Å²) in [6.45, 7) is 4.52. The molecule has 0 spiro atoms. The third-order valence-corrected chi connectivity index (χ3v) is 3.22. The minimum atomic E-state index is -4.32. The van der Waals surface area contributed by atoms with E-state index in [1.807, 2.05) is 13.8 Å². The van der Waals surface area contributed by atoms with Gasteiger partial charge >= 0.3 is 6.18 Å². The molecule has 0 aliphatic carbocycles. The van der Waals surface area contributed by atoms with Crippen LogP contribution in [0.1, 0.15) is 43.9 Å². The molecule has 1 rings (SSSR count). The molecule has 0 amide bonds. The van der Waals surface area contributed by atoms with Crippen molar-refractivity contribution in [3.8, 4) is 0 Å². The SMILES string of the molecule is CCCC(NCC)c1ccc(Br)cc1C(F)(F)F. The molecule has 1 aromatic carbocycles. The third kappa shape index (κ3) is 3.99. The Morgan fingerprint density at radius 2 is 1.94 bits per heavy atom. The summed E-state index contributed by atoms with van der Waals surface area (Å²) in [5, 5.41) is 3.12. The molecule has 0 radical (unpaired) electrons. The van der Waals surface area contributed by atoms with E-state index in [2.05, 4.69) is 21.2 Å². The zero-order valence-corrected chi connectivity index (χ0v) is 12.0. The number of halogens is 4. The van der Waals surface area contributed by atoms with E-state index in [9.17, 15) is 13.2 Å². The second-order valence-electron chi connectivity index (χ2n) is 4.13. The Morgan fingerprint density at radius 1 is 1.28 bits per heavy atom. The van der Waals surface area contributed by atoms with Crippen LogP contribution < -0.4 is 5.32 Å². The average Bonchev–Trinajstić information content (AvgIpc) is 2.27. The Hall–Kier alpha value is -0.550. The van der Waals surface area contributed by atoms with Gasteiger partial charge in [-0.15, -0.1) is 0 Å². The lowest BCUT2D eigenvalue weighted by atomic mass is 9.96. The van der Waals surface area contributed by atoms with E-state index in [1.54, 1.807) is 12.1 Å². The van der Waals surface area contributed by atoms with E-state index in [4.69, 9.17) is 0 Å². The van der Waals surface area contributed by atoms with Crippen molar-refractivity contribution < 1.29 is 13.2 Å². The van der Waals surface area contributed by atoms with E-state index < -0.39 is 11.7 Å². The van der Waals surface area contributed by atoms with E-state index in [0.717, 1.165) is 12.5 Å². The van der Waals surface area contributed by atoms with Crippen molar-refractivity contribution in [2.45, 2.75) is 38.9 Å². The third-order valence-electron chi connectivity index (χ3n) is 2.72. The standard InChI is InChI=1S/C13H17BrF3N/c1-3-5-12(18-4-2)10-7-6-9(14)8-11(10)13(15,16)17/h6-8,12,18H,3-5H2,1-2H3. The van der Waals surface area contributed by atoms with Crippen molar-refractivity contribution in [3.63, 3.8) is 0 Å². The Bertz CT molecular complexity index is 384. The van der Waals surface area contributed by atoms with E-state index in [-0.39, 0.29) is 6.04 Å². The summed E-state index contributed by atoms with van der Waals surface area (Å²) in [5.41, 5.74) is -0.231. The Labute approximate surface area is 114 Å². The number of hydrogen-bond donors (Lipinski definition) is 1. The van der Waals surface area contributed by atoms with Crippen LogP contribution in [-0.2, 0) is 6.18 Å². The van der Waals surface area contributed by atoms with Gasteiger partial charge in [-0.1, -0.05) is 42.3 Å². The van der Waals surface area contributed by atoms with Crippen LogP contribution in [0.15, 0.2) is 22.7 Å². The van der Waals surface area contributed by atoms with Gasteiger partial charge in [-0.25, -0.2) is 0 Å². The minimum Gasteiger partial charge on any atom is -0.310 e. The van der Waals surface area contributed by atoms with Gasteiger partial charge in [0.1, 0.15) is 0 Å². The van der Waals surface area contributed by atoms with Crippen molar-refractivity contribution in [2.24, 2.45) is 0 Å². The summed E-state index contributed by atoms with van der Waals surface area (Å²) in [6.07, 6.45) is -2.79. The molecule has 0 aliphatic rings. The lowest BCUT2D eigenvalue weighted by Gasteiger charge is -2.22. The van der Waals surface area contributed by atoms with Crippen LogP contribution in [0.5, 0.6) is 0 Å². The fourth-order valence-electron chi connectivity index (χ4n) is 1.98. The van der Waals surface area contributed by atoms with Gasteiger partial charge in [0.15, 0.2) is 0 Å². The van der Waals surface area contributed by atoms with E-state index >= 15 is 0 Å². The first-order valence-corrected chi connectivity index (χ1v) is 6.79. The number of hydrogen-bond acceptors (Lipinski definition) is 1. The zero-order valence-electron chi connectivity index (χ0n) is 10.4. The smallest absolute Gasteiger partial charge is 0.310 e. The van der Waals surface area contributed by atoms with Crippen molar-refractivity contribution in [1.82, 2.24) is 5.32 Å². The maximum absolute atomic E-state index is 13.0. The Balaban J connectivity index is 3.20. The summed E-state index contributed by atoms with van der Waals surface area (Å²) in [5.74, 6) is 0. The number of nitrogens with one attached hydrogen (secondary N) is 1. The summed E-state index contributed by atoms with van der Waals surface area (Å²) >= 11 is 3.10. The van der Waals surface area contributed by atoms with Gasteiger partial charge < -0.3 is 5.32 Å². The molecule has 0 saturated carbocycles. The molecule has 5 heteroatoms. The quantitative estimate of drug-likeness (QED) is 0.811. The molecule has 0 fully saturated rings. The average molecular weight is 324 g/mol. The molecule has 1 nitrogen and oxygen atoms in total. The number of rotatable bonds is 5. The van der Waals surface area contributed by atoms with Crippen LogP contribution in [0.2, 0.25) is 0 Å². The fraction of sp³-hybridized carbons (Fsp3) is 0.538. The monoisotopic (exact) mass is 323 g/mol.